The predicted octanol–water partition coefficient (Wildman–Crippen LogP) is 5.47. The third kappa shape index (κ3) is 7.50. The lowest BCUT2D eigenvalue weighted by atomic mass is 9.85. The molecule has 7 nitrogen and oxygen atoms in total. The molecule has 0 saturated heterocycles. The highest BCUT2D eigenvalue weighted by molar-refractivity contribution is 5.83. The van der Waals surface area contributed by atoms with Gasteiger partial charge in [-0.3, -0.25) is 0 Å². The highest BCUT2D eigenvalue weighted by atomic mass is 16.6. The van der Waals surface area contributed by atoms with Gasteiger partial charge in [-0.1, -0.05) is 54.6 Å². The molecule has 0 spiro atoms. The number of carbonyl (C=O) groups is 2. The van der Waals surface area contributed by atoms with Crippen LogP contribution >= 0.6 is 0 Å². The van der Waals surface area contributed by atoms with Gasteiger partial charge in [-0.05, 0) is 61.7 Å². The molecule has 190 valence electrons. The van der Waals surface area contributed by atoms with E-state index in [0.29, 0.717) is 11.5 Å². The average Bonchev–Trinajstić information content (AvgIpc) is 2.87. The zero-order chi connectivity index (χ0) is 26.1. The maximum Gasteiger partial charge on any atom is 0.408 e. The number of amides is 1. The van der Waals surface area contributed by atoms with E-state index < -0.39 is 29.6 Å². The molecule has 0 aromatic heterocycles. The van der Waals surface area contributed by atoms with E-state index in [2.05, 4.69) is 5.32 Å². The number of benzene rings is 3. The van der Waals surface area contributed by atoms with Gasteiger partial charge in [0.2, 0.25) is 0 Å². The summed E-state index contributed by atoms with van der Waals surface area (Å²) < 4.78 is 21.8. The normalized spacial score (nSPS) is 11.9. The summed E-state index contributed by atoms with van der Waals surface area (Å²) in [5.74, 6) is 0.199. The van der Waals surface area contributed by atoms with Gasteiger partial charge in [-0.2, -0.15) is 0 Å². The number of ether oxygens (including phenoxy) is 4. The lowest BCUT2D eigenvalue weighted by Crippen LogP contribution is -2.48. The lowest BCUT2D eigenvalue weighted by molar-refractivity contribution is -0.147. The van der Waals surface area contributed by atoms with Gasteiger partial charge in [-0.15, -0.1) is 0 Å². The van der Waals surface area contributed by atoms with E-state index in [9.17, 15) is 9.59 Å². The van der Waals surface area contributed by atoms with Crippen LogP contribution in [0.5, 0.6) is 11.5 Å². The summed E-state index contributed by atoms with van der Waals surface area (Å²) in [5, 5.41) is 2.77. The third-order valence-corrected chi connectivity index (χ3v) is 5.43. The van der Waals surface area contributed by atoms with Gasteiger partial charge in [-0.25, -0.2) is 9.59 Å². The van der Waals surface area contributed by atoms with Gasteiger partial charge >= 0.3 is 12.1 Å². The Kier molecular flexibility index (Phi) is 8.95. The minimum Gasteiger partial charge on any atom is -0.497 e. The summed E-state index contributed by atoms with van der Waals surface area (Å²) >= 11 is 0. The lowest BCUT2D eigenvalue weighted by Gasteiger charge is -2.29. The number of methoxy groups -OCH3 is 2. The molecular formula is C29H33NO6. The second-order valence-corrected chi connectivity index (χ2v) is 9.24. The second kappa shape index (κ2) is 12.1. The molecule has 1 N–H and O–H groups in total. The zero-order valence-electron chi connectivity index (χ0n) is 21.3. The fourth-order valence-corrected chi connectivity index (χ4v) is 3.73. The highest BCUT2D eigenvalue weighted by Crippen LogP contribution is 2.32. The Morgan fingerprint density at radius 2 is 1.28 bits per heavy atom. The first-order valence-electron chi connectivity index (χ1n) is 11.7. The van der Waals surface area contributed by atoms with E-state index in [1.54, 1.807) is 35.0 Å². The Balaban J connectivity index is 2.00. The van der Waals surface area contributed by atoms with E-state index in [1.807, 2.05) is 78.9 Å². The monoisotopic (exact) mass is 491 g/mol. The third-order valence-electron chi connectivity index (χ3n) is 5.43. The SMILES string of the molecule is COc1ccc(C(c2ccc(OC)cc2)[C@H](NC(=O)OC(C)(C)C)C(=O)OCc2ccccc2)cc1. The molecule has 3 aromatic rings. The van der Waals surface area contributed by atoms with Crippen LogP contribution in [0.2, 0.25) is 0 Å². The van der Waals surface area contributed by atoms with E-state index >= 15 is 0 Å². The van der Waals surface area contributed by atoms with Gasteiger partial charge < -0.3 is 24.3 Å². The average molecular weight is 492 g/mol. The van der Waals surface area contributed by atoms with Crippen molar-refractivity contribution in [1.82, 2.24) is 5.32 Å². The minimum atomic E-state index is -1.06. The molecule has 1 amide bonds. The first kappa shape index (κ1) is 26.6. The predicted molar refractivity (Wildman–Crippen MR) is 137 cm³/mol. The summed E-state index contributed by atoms with van der Waals surface area (Å²) in [6, 6.07) is 23.0. The van der Waals surface area contributed by atoms with Crippen molar-refractivity contribution >= 4 is 12.1 Å². The van der Waals surface area contributed by atoms with E-state index in [4.69, 9.17) is 18.9 Å². The van der Waals surface area contributed by atoms with Crippen molar-refractivity contribution < 1.29 is 28.5 Å². The highest BCUT2D eigenvalue weighted by Gasteiger charge is 2.35. The molecule has 0 saturated carbocycles. The Hall–Kier alpha value is -4.00. The molecular weight excluding hydrogens is 458 g/mol. The van der Waals surface area contributed by atoms with Crippen LogP contribution in [0, 0.1) is 0 Å². The summed E-state index contributed by atoms with van der Waals surface area (Å²) in [4.78, 5) is 26.3. The Bertz CT molecular complexity index is 1070. The quantitative estimate of drug-likeness (QED) is 0.400. The largest absolute Gasteiger partial charge is 0.497 e. The number of alkyl carbamates (subject to hydrolysis) is 1. The molecule has 3 aromatic carbocycles. The smallest absolute Gasteiger partial charge is 0.408 e. The van der Waals surface area contributed by atoms with Crippen LogP contribution in [-0.4, -0.2) is 37.9 Å². The minimum absolute atomic E-state index is 0.0735. The Labute approximate surface area is 212 Å². The molecule has 36 heavy (non-hydrogen) atoms. The van der Waals surface area contributed by atoms with Gasteiger partial charge in [0.25, 0.3) is 0 Å². The second-order valence-electron chi connectivity index (χ2n) is 9.24. The molecule has 3 rings (SSSR count). The van der Waals surface area contributed by atoms with Crippen molar-refractivity contribution in [3.8, 4) is 11.5 Å². The molecule has 0 radical (unpaired) electrons. The molecule has 0 heterocycles. The van der Waals surface area contributed by atoms with Crippen molar-refractivity contribution in [3.63, 3.8) is 0 Å². The standard InChI is InChI=1S/C29H33NO6/c1-29(2,3)36-28(32)30-26(27(31)35-19-20-9-7-6-8-10-20)25(21-11-15-23(33-4)16-12-21)22-13-17-24(34-5)18-14-22/h6-18,25-26H,19H2,1-5H3,(H,30,32)/t26-/m0/s1. The van der Waals surface area contributed by atoms with E-state index in [1.165, 1.54) is 0 Å². The van der Waals surface area contributed by atoms with Crippen LogP contribution in [0.1, 0.15) is 43.4 Å². The molecule has 0 aliphatic carbocycles. The molecule has 0 bridgehead atoms. The number of rotatable bonds is 9. The summed E-state index contributed by atoms with van der Waals surface area (Å²) in [5.41, 5.74) is 1.68. The van der Waals surface area contributed by atoms with Gasteiger partial charge in [0, 0.05) is 5.92 Å². The van der Waals surface area contributed by atoms with Crippen molar-refractivity contribution in [2.75, 3.05) is 14.2 Å². The number of hydrogen-bond donors (Lipinski definition) is 1. The van der Waals surface area contributed by atoms with Crippen molar-refractivity contribution in [2.24, 2.45) is 0 Å². The summed E-state index contributed by atoms with van der Waals surface area (Å²) in [7, 11) is 3.17. The zero-order valence-corrected chi connectivity index (χ0v) is 21.3. The molecule has 0 aliphatic heterocycles. The maximum absolute atomic E-state index is 13.5. The topological polar surface area (TPSA) is 83.1 Å². The Morgan fingerprint density at radius 3 is 1.72 bits per heavy atom. The van der Waals surface area contributed by atoms with Gasteiger partial charge in [0.1, 0.15) is 29.7 Å². The molecule has 7 heteroatoms. The molecule has 0 aliphatic rings. The number of nitrogens with one attached hydrogen (secondary N) is 1. The molecule has 0 fully saturated rings. The van der Waals surface area contributed by atoms with Crippen molar-refractivity contribution in [2.45, 2.75) is 44.9 Å². The fourth-order valence-electron chi connectivity index (χ4n) is 3.73. The summed E-state index contributed by atoms with van der Waals surface area (Å²) in [6.07, 6.45) is -0.712. The first-order valence-corrected chi connectivity index (χ1v) is 11.7. The molecule has 1 atom stereocenters. The number of esters is 1. The van der Waals surface area contributed by atoms with Gasteiger partial charge in [0.15, 0.2) is 0 Å². The van der Waals surface area contributed by atoms with Gasteiger partial charge in [0.05, 0.1) is 14.2 Å². The van der Waals surface area contributed by atoms with E-state index in [0.717, 1.165) is 16.7 Å². The van der Waals surface area contributed by atoms with Crippen molar-refractivity contribution in [3.05, 3.63) is 95.6 Å². The van der Waals surface area contributed by atoms with Crippen LogP contribution in [0.25, 0.3) is 0 Å². The van der Waals surface area contributed by atoms with Crippen LogP contribution in [-0.2, 0) is 20.9 Å². The fraction of sp³-hybridized carbons (Fsp3) is 0.310. The van der Waals surface area contributed by atoms with Crippen LogP contribution in [0.15, 0.2) is 78.9 Å². The van der Waals surface area contributed by atoms with E-state index in [-0.39, 0.29) is 6.61 Å². The maximum atomic E-state index is 13.5. The van der Waals surface area contributed by atoms with Crippen LogP contribution in [0.4, 0.5) is 4.79 Å². The van der Waals surface area contributed by atoms with Crippen LogP contribution in [0.3, 0.4) is 0 Å². The van der Waals surface area contributed by atoms with Crippen LogP contribution < -0.4 is 14.8 Å². The Morgan fingerprint density at radius 1 is 0.778 bits per heavy atom. The first-order chi connectivity index (χ1) is 17.2. The summed E-state index contributed by atoms with van der Waals surface area (Å²) in [6.45, 7) is 5.36. The number of hydrogen-bond acceptors (Lipinski definition) is 6. The molecule has 0 unspecified atom stereocenters. The van der Waals surface area contributed by atoms with Crippen molar-refractivity contribution in [1.29, 1.82) is 0 Å². The number of carbonyl (C=O) groups excluding carboxylic acids is 2.